The number of aromatic nitrogens is 6. The summed E-state index contributed by atoms with van der Waals surface area (Å²) in [6, 6.07) is 24.9. The second-order valence-corrected chi connectivity index (χ2v) is 9.10. The Morgan fingerprint density at radius 3 is 2.51 bits per heavy atom. The second kappa shape index (κ2) is 7.85. The summed E-state index contributed by atoms with van der Waals surface area (Å²) in [5, 5.41) is 17.7. The third-order valence-corrected chi connectivity index (χ3v) is 6.76. The number of nitrogens with two attached hydrogens (primary N) is 1. The van der Waals surface area contributed by atoms with E-state index in [-0.39, 0.29) is 0 Å². The number of H-pyrrole nitrogens is 1. The van der Waals surface area contributed by atoms with Gasteiger partial charge in [0.25, 0.3) is 0 Å². The van der Waals surface area contributed by atoms with Crippen LogP contribution in [0.3, 0.4) is 0 Å². The molecule has 4 aromatic heterocycles. The zero-order valence-corrected chi connectivity index (χ0v) is 19.0. The van der Waals surface area contributed by atoms with Crippen molar-refractivity contribution in [2.24, 2.45) is 5.73 Å². The molecule has 7 nitrogen and oxygen atoms in total. The van der Waals surface area contributed by atoms with Crippen molar-refractivity contribution in [2.45, 2.75) is 25.3 Å². The van der Waals surface area contributed by atoms with E-state index in [0.717, 1.165) is 56.0 Å². The minimum atomic E-state index is 0.516. The van der Waals surface area contributed by atoms with Gasteiger partial charge in [-0.1, -0.05) is 54.6 Å². The normalized spacial score (nSPS) is 13.6. The fourth-order valence-corrected chi connectivity index (χ4v) is 4.68. The van der Waals surface area contributed by atoms with Crippen LogP contribution in [0.1, 0.15) is 30.0 Å². The van der Waals surface area contributed by atoms with Gasteiger partial charge in [-0.3, -0.25) is 9.50 Å². The lowest BCUT2D eigenvalue weighted by molar-refractivity contribution is 0.961. The molecule has 0 saturated heterocycles. The Morgan fingerprint density at radius 2 is 1.74 bits per heavy atom. The minimum Gasteiger partial charge on any atom is -0.326 e. The molecule has 0 amide bonds. The van der Waals surface area contributed by atoms with Gasteiger partial charge in [0.15, 0.2) is 11.5 Å². The van der Waals surface area contributed by atoms with Crippen molar-refractivity contribution in [3.05, 3.63) is 90.3 Å². The van der Waals surface area contributed by atoms with E-state index >= 15 is 0 Å². The molecule has 0 bridgehead atoms. The van der Waals surface area contributed by atoms with E-state index in [9.17, 15) is 0 Å². The molecule has 3 N–H and O–H groups in total. The maximum absolute atomic E-state index is 5.81. The number of benzene rings is 2. The van der Waals surface area contributed by atoms with Gasteiger partial charge in [-0.15, -0.1) is 10.2 Å². The summed E-state index contributed by atoms with van der Waals surface area (Å²) in [6.45, 7) is 0.516. The maximum atomic E-state index is 5.81. The monoisotopic (exact) mass is 457 g/mol. The van der Waals surface area contributed by atoms with Gasteiger partial charge in [-0.05, 0) is 42.2 Å². The van der Waals surface area contributed by atoms with Crippen molar-refractivity contribution >= 4 is 16.6 Å². The fraction of sp³-hybridized carbons (Fsp3) is 0.143. The Balaban J connectivity index is 1.43. The van der Waals surface area contributed by atoms with E-state index in [1.807, 2.05) is 34.9 Å². The van der Waals surface area contributed by atoms with Gasteiger partial charge in [-0.2, -0.15) is 5.10 Å². The summed E-state index contributed by atoms with van der Waals surface area (Å²) in [7, 11) is 0. The molecule has 7 heteroatoms. The number of rotatable bonds is 5. The number of aromatic amines is 1. The molecule has 170 valence electrons. The Morgan fingerprint density at radius 1 is 0.914 bits per heavy atom. The lowest BCUT2D eigenvalue weighted by Crippen LogP contribution is -1.97. The summed E-state index contributed by atoms with van der Waals surface area (Å²) in [6.07, 6.45) is 4.42. The van der Waals surface area contributed by atoms with E-state index in [4.69, 9.17) is 10.7 Å². The quantitative estimate of drug-likeness (QED) is 0.364. The van der Waals surface area contributed by atoms with Crippen molar-refractivity contribution in [1.29, 1.82) is 0 Å². The van der Waals surface area contributed by atoms with Gasteiger partial charge in [0, 0.05) is 40.9 Å². The molecule has 0 radical (unpaired) electrons. The summed E-state index contributed by atoms with van der Waals surface area (Å²) in [5.41, 5.74) is 14.7. The SMILES string of the molecule is NCc1ccc(-c2nc3ccn4c(-c5cc(C6CC6)[nH]n5)nnc4c3cc2-c2ccccc2)cc1. The number of hydrogen-bond donors (Lipinski definition) is 2. The summed E-state index contributed by atoms with van der Waals surface area (Å²) < 4.78 is 2.00. The van der Waals surface area contributed by atoms with Gasteiger partial charge >= 0.3 is 0 Å². The largest absolute Gasteiger partial charge is 0.326 e. The first-order valence-corrected chi connectivity index (χ1v) is 11.9. The molecule has 0 aliphatic heterocycles. The lowest BCUT2D eigenvalue weighted by atomic mass is 9.97. The number of hydrogen-bond acceptors (Lipinski definition) is 5. The first-order valence-electron chi connectivity index (χ1n) is 11.9. The van der Waals surface area contributed by atoms with Crippen LogP contribution in [0.2, 0.25) is 0 Å². The van der Waals surface area contributed by atoms with E-state index in [0.29, 0.717) is 12.5 Å². The molecule has 4 heterocycles. The predicted molar refractivity (Wildman–Crippen MR) is 137 cm³/mol. The van der Waals surface area contributed by atoms with Crippen LogP contribution >= 0.6 is 0 Å². The lowest BCUT2D eigenvalue weighted by Gasteiger charge is -2.12. The van der Waals surface area contributed by atoms with Crippen LogP contribution in [-0.4, -0.2) is 29.8 Å². The van der Waals surface area contributed by atoms with Crippen LogP contribution in [0, 0.1) is 0 Å². The Hall–Kier alpha value is -4.36. The van der Waals surface area contributed by atoms with Crippen LogP contribution in [0.4, 0.5) is 0 Å². The molecule has 0 atom stereocenters. The average Bonchev–Trinajstić information content (AvgIpc) is 3.49. The molecule has 6 aromatic rings. The number of nitrogens with one attached hydrogen (secondary N) is 1. The van der Waals surface area contributed by atoms with E-state index < -0.39 is 0 Å². The third kappa shape index (κ3) is 3.40. The smallest absolute Gasteiger partial charge is 0.188 e. The molecule has 1 aliphatic rings. The Kier molecular flexibility index (Phi) is 4.50. The zero-order valence-electron chi connectivity index (χ0n) is 19.0. The number of pyridine rings is 2. The second-order valence-electron chi connectivity index (χ2n) is 9.10. The minimum absolute atomic E-state index is 0.516. The van der Waals surface area contributed by atoms with Crippen molar-refractivity contribution in [2.75, 3.05) is 0 Å². The number of nitrogens with zero attached hydrogens (tertiary/aromatic N) is 5. The molecular formula is C28H23N7. The third-order valence-electron chi connectivity index (χ3n) is 6.76. The topological polar surface area (TPSA) is 97.8 Å². The molecule has 2 aromatic carbocycles. The van der Waals surface area contributed by atoms with Crippen LogP contribution in [0.15, 0.2) is 79.0 Å². The van der Waals surface area contributed by atoms with Gasteiger partial charge in [-0.25, -0.2) is 4.98 Å². The molecule has 0 spiro atoms. The van der Waals surface area contributed by atoms with Crippen LogP contribution < -0.4 is 5.73 Å². The summed E-state index contributed by atoms with van der Waals surface area (Å²) in [5.74, 6) is 1.33. The standard InChI is InChI=1S/C28H23N7/c29-16-17-6-8-20(9-7-17)26-21(18-4-2-1-3-5-18)14-22-23(30-26)12-13-35-27(22)33-34-28(35)25-15-24(31-32-25)19-10-11-19/h1-9,12-15,19H,10-11,16,29H2,(H,31,32). The molecule has 0 unspecified atom stereocenters. The van der Waals surface area contributed by atoms with Gasteiger partial charge < -0.3 is 5.73 Å². The van der Waals surface area contributed by atoms with Crippen LogP contribution in [0.5, 0.6) is 0 Å². The van der Waals surface area contributed by atoms with E-state index in [1.165, 1.54) is 18.5 Å². The van der Waals surface area contributed by atoms with E-state index in [2.05, 4.69) is 68.9 Å². The highest BCUT2D eigenvalue weighted by Crippen LogP contribution is 2.40. The fourth-order valence-electron chi connectivity index (χ4n) is 4.68. The molecule has 1 aliphatic carbocycles. The first kappa shape index (κ1) is 20.1. The summed E-state index contributed by atoms with van der Waals surface area (Å²) in [4.78, 5) is 5.11. The first-order chi connectivity index (χ1) is 17.3. The van der Waals surface area contributed by atoms with Crippen LogP contribution in [0.25, 0.3) is 50.5 Å². The number of fused-ring (bicyclic) bond motifs is 3. The van der Waals surface area contributed by atoms with Gasteiger partial charge in [0.2, 0.25) is 0 Å². The molecule has 35 heavy (non-hydrogen) atoms. The highest BCUT2D eigenvalue weighted by molar-refractivity contribution is 5.98. The molecule has 1 saturated carbocycles. The molecule has 7 rings (SSSR count). The molecule has 1 fully saturated rings. The molecular weight excluding hydrogens is 434 g/mol. The Labute approximate surface area is 201 Å². The Bertz CT molecular complexity index is 1680. The van der Waals surface area contributed by atoms with Crippen LogP contribution in [-0.2, 0) is 6.54 Å². The summed E-state index contributed by atoms with van der Waals surface area (Å²) >= 11 is 0. The zero-order chi connectivity index (χ0) is 23.4. The highest BCUT2D eigenvalue weighted by atomic mass is 15.3. The predicted octanol–water partition coefficient (Wildman–Crippen LogP) is 5.34. The van der Waals surface area contributed by atoms with Crippen molar-refractivity contribution in [3.8, 4) is 33.9 Å². The van der Waals surface area contributed by atoms with Crippen molar-refractivity contribution in [1.82, 2.24) is 29.8 Å². The average molecular weight is 458 g/mol. The van der Waals surface area contributed by atoms with Gasteiger partial charge in [0.05, 0.1) is 11.2 Å². The van der Waals surface area contributed by atoms with Crippen molar-refractivity contribution in [3.63, 3.8) is 0 Å². The van der Waals surface area contributed by atoms with Crippen molar-refractivity contribution < 1.29 is 0 Å². The van der Waals surface area contributed by atoms with E-state index in [1.54, 1.807) is 0 Å². The maximum Gasteiger partial charge on any atom is 0.188 e. The highest BCUT2D eigenvalue weighted by Gasteiger charge is 2.26. The van der Waals surface area contributed by atoms with Gasteiger partial charge in [0.1, 0.15) is 5.69 Å².